The number of hydrogen-bond acceptors (Lipinski definition) is 2. The zero-order chi connectivity index (χ0) is 18.0. The molecule has 3 aliphatic carbocycles. The van der Waals surface area contributed by atoms with Gasteiger partial charge in [0.2, 0.25) is 0 Å². The maximum atomic E-state index is 9.50. The predicted octanol–water partition coefficient (Wildman–Crippen LogP) is 5.63. The van der Waals surface area contributed by atoms with E-state index in [9.17, 15) is 10.5 Å². The molecule has 26 heavy (non-hydrogen) atoms. The van der Waals surface area contributed by atoms with Crippen LogP contribution in [0.15, 0.2) is 48.5 Å². The van der Waals surface area contributed by atoms with Crippen LogP contribution in [0.25, 0.3) is 0 Å². The number of nitrogens with zero attached hydrogens (tertiary/aromatic N) is 2. The Hall–Kier alpha value is -1.90. The van der Waals surface area contributed by atoms with Crippen molar-refractivity contribution >= 4 is 45.2 Å². The predicted molar refractivity (Wildman–Crippen MR) is 116 cm³/mol. The molecule has 0 aromatic heterocycles. The highest BCUT2D eigenvalue weighted by Crippen LogP contribution is 2.56. The molecule has 0 saturated carbocycles. The summed E-state index contributed by atoms with van der Waals surface area (Å²) in [7, 11) is 0. The number of hydrogen-bond donors (Lipinski definition) is 0. The Bertz CT molecular complexity index is 1130. The van der Waals surface area contributed by atoms with Crippen LogP contribution in [-0.4, -0.2) is 0 Å². The van der Waals surface area contributed by atoms with E-state index in [0.717, 1.165) is 18.3 Å². The van der Waals surface area contributed by atoms with Crippen LogP contribution in [0.5, 0.6) is 0 Å². The zero-order valence-electron chi connectivity index (χ0n) is 13.4. The van der Waals surface area contributed by atoms with Crippen molar-refractivity contribution in [3.05, 3.63) is 100 Å². The summed E-state index contributed by atoms with van der Waals surface area (Å²) in [5, 5.41) is 19.0. The van der Waals surface area contributed by atoms with E-state index >= 15 is 0 Å². The monoisotopic (exact) mass is 556 g/mol. The van der Waals surface area contributed by atoms with Gasteiger partial charge >= 0.3 is 0 Å². The summed E-state index contributed by atoms with van der Waals surface area (Å²) < 4.78 is 2.00. The standard InChI is InChI=1S/C22H10I2N2/c23-19-7-17-15(5-11(19)9-25)21-13-3-1-2-4-14(13)22(17)18-8-20(24)12(10-26)6-16(18)21/h1-8,21-22H. The molecule has 0 radical (unpaired) electrons. The molecular weight excluding hydrogens is 546 g/mol. The van der Waals surface area contributed by atoms with Gasteiger partial charge in [0.15, 0.2) is 0 Å². The van der Waals surface area contributed by atoms with Gasteiger partial charge in [0.25, 0.3) is 0 Å². The third-order valence-electron chi connectivity index (χ3n) is 5.45. The molecule has 2 bridgehead atoms. The van der Waals surface area contributed by atoms with Crippen LogP contribution in [0.2, 0.25) is 0 Å². The molecule has 0 fully saturated rings. The second-order valence-electron chi connectivity index (χ2n) is 6.64. The molecule has 0 atom stereocenters. The van der Waals surface area contributed by atoms with Crippen molar-refractivity contribution in [1.29, 1.82) is 10.5 Å². The van der Waals surface area contributed by atoms with Crippen molar-refractivity contribution in [2.75, 3.05) is 0 Å². The highest BCUT2D eigenvalue weighted by molar-refractivity contribution is 14.1. The SMILES string of the molecule is N#Cc1cc2c(cc1I)C1c3ccccc3C2c2cc(C#N)c(I)cc21. The van der Waals surface area contributed by atoms with E-state index in [0.29, 0.717) is 0 Å². The van der Waals surface area contributed by atoms with Gasteiger partial charge < -0.3 is 0 Å². The fraction of sp³-hybridized carbons (Fsp3) is 0.0909. The minimum Gasteiger partial charge on any atom is -0.192 e. The van der Waals surface area contributed by atoms with Crippen molar-refractivity contribution in [2.45, 2.75) is 11.8 Å². The third-order valence-corrected chi connectivity index (χ3v) is 7.23. The summed E-state index contributed by atoms with van der Waals surface area (Å²) in [6.45, 7) is 0. The van der Waals surface area contributed by atoms with Crippen LogP contribution in [0.1, 0.15) is 56.3 Å². The lowest BCUT2D eigenvalue weighted by atomic mass is 9.61. The molecule has 122 valence electrons. The summed E-state index contributed by atoms with van der Waals surface area (Å²) in [4.78, 5) is 0. The van der Waals surface area contributed by atoms with E-state index in [2.05, 4.69) is 106 Å². The molecule has 0 spiro atoms. The van der Waals surface area contributed by atoms with Crippen LogP contribution in [-0.2, 0) is 0 Å². The van der Waals surface area contributed by atoms with Crippen LogP contribution in [0, 0.1) is 29.8 Å². The van der Waals surface area contributed by atoms with Crippen LogP contribution in [0.4, 0.5) is 0 Å². The fourth-order valence-corrected chi connectivity index (χ4v) is 5.65. The zero-order valence-corrected chi connectivity index (χ0v) is 17.7. The van der Waals surface area contributed by atoms with Gasteiger partial charge in [-0.3, -0.25) is 0 Å². The number of rotatable bonds is 0. The Balaban J connectivity index is 1.90. The Morgan fingerprint density at radius 2 is 1.00 bits per heavy atom. The van der Waals surface area contributed by atoms with Gasteiger partial charge in [-0.05, 0) is 103 Å². The summed E-state index contributed by atoms with van der Waals surface area (Å²) in [6, 6.07) is 21.7. The first-order valence-electron chi connectivity index (χ1n) is 8.19. The van der Waals surface area contributed by atoms with Crippen molar-refractivity contribution in [3.63, 3.8) is 0 Å². The molecule has 4 heteroatoms. The number of halogens is 2. The first-order valence-corrected chi connectivity index (χ1v) is 10.4. The van der Waals surface area contributed by atoms with Crippen LogP contribution >= 0.6 is 45.2 Å². The normalized spacial score (nSPS) is 18.3. The van der Waals surface area contributed by atoms with E-state index in [1.165, 1.54) is 33.4 Å². The Labute approximate surface area is 178 Å². The molecule has 3 aromatic carbocycles. The smallest absolute Gasteiger partial charge is 0.100 e. The van der Waals surface area contributed by atoms with E-state index in [4.69, 9.17) is 0 Å². The largest absolute Gasteiger partial charge is 0.192 e. The van der Waals surface area contributed by atoms with E-state index in [1.807, 2.05) is 0 Å². The van der Waals surface area contributed by atoms with E-state index < -0.39 is 0 Å². The summed E-state index contributed by atoms with van der Waals surface area (Å²) >= 11 is 4.52. The molecule has 0 N–H and O–H groups in total. The van der Waals surface area contributed by atoms with E-state index in [1.54, 1.807) is 0 Å². The quantitative estimate of drug-likeness (QED) is 0.233. The van der Waals surface area contributed by atoms with Gasteiger partial charge in [0, 0.05) is 19.0 Å². The van der Waals surface area contributed by atoms with Gasteiger partial charge in [0.05, 0.1) is 11.1 Å². The average Bonchev–Trinajstić information content (AvgIpc) is 2.66. The minimum atomic E-state index is 0.0920. The maximum absolute atomic E-state index is 9.50. The Morgan fingerprint density at radius 3 is 1.38 bits per heavy atom. The lowest BCUT2D eigenvalue weighted by Gasteiger charge is -2.42. The molecule has 3 aliphatic rings. The fourth-order valence-electron chi connectivity index (χ4n) is 4.42. The van der Waals surface area contributed by atoms with Gasteiger partial charge in [0.1, 0.15) is 12.1 Å². The van der Waals surface area contributed by atoms with Crippen molar-refractivity contribution in [3.8, 4) is 12.1 Å². The Kier molecular flexibility index (Phi) is 3.63. The van der Waals surface area contributed by atoms with Crippen LogP contribution in [0.3, 0.4) is 0 Å². The lowest BCUT2D eigenvalue weighted by molar-refractivity contribution is 0.751. The summed E-state index contributed by atoms with van der Waals surface area (Å²) in [6.07, 6.45) is 0. The molecular formula is C22H10I2N2. The summed E-state index contributed by atoms with van der Waals surface area (Å²) in [5.74, 6) is 0.262. The topological polar surface area (TPSA) is 47.6 Å². The first-order chi connectivity index (χ1) is 12.6. The molecule has 0 saturated heterocycles. The van der Waals surface area contributed by atoms with Crippen molar-refractivity contribution < 1.29 is 0 Å². The lowest BCUT2D eigenvalue weighted by Crippen LogP contribution is -2.28. The molecule has 0 unspecified atom stereocenters. The Morgan fingerprint density at radius 1 is 0.615 bits per heavy atom. The highest BCUT2D eigenvalue weighted by Gasteiger charge is 2.42. The van der Waals surface area contributed by atoms with Crippen molar-refractivity contribution in [1.82, 2.24) is 0 Å². The number of nitriles is 2. The maximum Gasteiger partial charge on any atom is 0.100 e. The molecule has 6 rings (SSSR count). The van der Waals surface area contributed by atoms with Crippen LogP contribution < -0.4 is 0 Å². The third kappa shape index (κ3) is 2.06. The second kappa shape index (κ2) is 5.80. The minimum absolute atomic E-state index is 0.0920. The van der Waals surface area contributed by atoms with Gasteiger partial charge in [-0.15, -0.1) is 0 Å². The summed E-state index contributed by atoms with van der Waals surface area (Å²) in [5.41, 5.74) is 9.11. The number of benzene rings is 3. The molecule has 0 amide bonds. The average molecular weight is 556 g/mol. The van der Waals surface area contributed by atoms with Gasteiger partial charge in [-0.2, -0.15) is 10.5 Å². The van der Waals surface area contributed by atoms with Gasteiger partial charge in [-0.1, -0.05) is 24.3 Å². The molecule has 2 nitrogen and oxygen atoms in total. The van der Waals surface area contributed by atoms with Crippen molar-refractivity contribution in [2.24, 2.45) is 0 Å². The first kappa shape index (κ1) is 16.3. The molecule has 0 heterocycles. The van der Waals surface area contributed by atoms with E-state index in [-0.39, 0.29) is 11.8 Å². The second-order valence-corrected chi connectivity index (χ2v) is 8.96. The van der Waals surface area contributed by atoms with Gasteiger partial charge in [-0.25, -0.2) is 0 Å². The molecule has 3 aromatic rings. The highest BCUT2D eigenvalue weighted by atomic mass is 127. The molecule has 0 aliphatic heterocycles.